The fourth-order valence-electron chi connectivity index (χ4n) is 1.26. The van der Waals surface area contributed by atoms with E-state index in [2.05, 4.69) is 9.72 Å². The molecule has 1 aromatic heterocycles. The summed E-state index contributed by atoms with van der Waals surface area (Å²) < 4.78 is 6.59. The molecule has 1 aromatic rings. The molecule has 0 saturated carbocycles. The van der Waals surface area contributed by atoms with E-state index in [4.69, 9.17) is 0 Å². The molecule has 1 heterocycles. The largest absolute Gasteiger partial charge is 0.469 e. The summed E-state index contributed by atoms with van der Waals surface area (Å²) in [6, 6.07) is 0. The lowest BCUT2D eigenvalue weighted by Gasteiger charge is -2.01. The number of rotatable bonds is 6. The van der Waals surface area contributed by atoms with E-state index in [-0.39, 0.29) is 5.97 Å². The van der Waals surface area contributed by atoms with Gasteiger partial charge < -0.3 is 9.30 Å². The molecule has 78 valence electrons. The minimum absolute atomic E-state index is 0.118. The van der Waals surface area contributed by atoms with Crippen LogP contribution < -0.4 is 0 Å². The third kappa shape index (κ3) is 4.07. The average Bonchev–Trinajstić information content (AvgIpc) is 2.69. The van der Waals surface area contributed by atoms with Gasteiger partial charge in [-0.05, 0) is 12.8 Å². The Morgan fingerprint density at radius 3 is 2.93 bits per heavy atom. The Kier molecular flexibility index (Phi) is 4.75. The van der Waals surface area contributed by atoms with Crippen LogP contribution in [0.15, 0.2) is 18.7 Å². The summed E-state index contributed by atoms with van der Waals surface area (Å²) in [4.78, 5) is 14.7. The second kappa shape index (κ2) is 6.18. The molecular weight excluding hydrogens is 180 g/mol. The van der Waals surface area contributed by atoms with Gasteiger partial charge >= 0.3 is 5.97 Å². The van der Waals surface area contributed by atoms with E-state index in [1.165, 1.54) is 7.11 Å². The molecule has 0 spiro atoms. The predicted molar refractivity (Wildman–Crippen MR) is 52.7 cm³/mol. The fourth-order valence-corrected chi connectivity index (χ4v) is 1.26. The molecule has 4 nitrogen and oxygen atoms in total. The number of unbranched alkanes of at least 4 members (excludes halogenated alkanes) is 2. The first-order valence-corrected chi connectivity index (χ1v) is 4.85. The Labute approximate surface area is 83.9 Å². The van der Waals surface area contributed by atoms with E-state index in [1.807, 2.05) is 10.8 Å². The van der Waals surface area contributed by atoms with E-state index >= 15 is 0 Å². The molecule has 0 atom stereocenters. The van der Waals surface area contributed by atoms with Crippen molar-refractivity contribution < 1.29 is 9.53 Å². The van der Waals surface area contributed by atoms with Crippen molar-refractivity contribution >= 4 is 5.97 Å². The SMILES string of the molecule is COC(=O)CCCCCn1ccnc1. The monoisotopic (exact) mass is 196 g/mol. The van der Waals surface area contributed by atoms with Gasteiger partial charge in [0.2, 0.25) is 0 Å². The zero-order valence-corrected chi connectivity index (χ0v) is 8.48. The minimum atomic E-state index is -0.118. The van der Waals surface area contributed by atoms with Crippen molar-refractivity contribution in [2.75, 3.05) is 7.11 Å². The van der Waals surface area contributed by atoms with Crippen LogP contribution in [0.25, 0.3) is 0 Å². The quantitative estimate of drug-likeness (QED) is 0.513. The molecule has 0 aliphatic rings. The topological polar surface area (TPSA) is 44.1 Å². The minimum Gasteiger partial charge on any atom is -0.469 e. The van der Waals surface area contributed by atoms with Crippen molar-refractivity contribution in [2.24, 2.45) is 0 Å². The lowest BCUT2D eigenvalue weighted by atomic mass is 10.2. The Morgan fingerprint density at radius 2 is 2.29 bits per heavy atom. The highest BCUT2D eigenvalue weighted by Crippen LogP contribution is 2.02. The molecule has 1 rings (SSSR count). The lowest BCUT2D eigenvalue weighted by Crippen LogP contribution is -2.00. The molecule has 0 aliphatic heterocycles. The fraction of sp³-hybridized carbons (Fsp3) is 0.600. The van der Waals surface area contributed by atoms with Crippen molar-refractivity contribution in [2.45, 2.75) is 32.2 Å². The maximum Gasteiger partial charge on any atom is 0.305 e. The van der Waals surface area contributed by atoms with Gasteiger partial charge in [0.05, 0.1) is 13.4 Å². The van der Waals surface area contributed by atoms with Gasteiger partial charge in [-0.25, -0.2) is 4.98 Å². The summed E-state index contributed by atoms with van der Waals surface area (Å²) >= 11 is 0. The maximum atomic E-state index is 10.8. The summed E-state index contributed by atoms with van der Waals surface area (Å²) in [5.41, 5.74) is 0. The van der Waals surface area contributed by atoms with Gasteiger partial charge in [0, 0.05) is 25.4 Å². The van der Waals surface area contributed by atoms with Gasteiger partial charge in [0.15, 0.2) is 0 Å². The van der Waals surface area contributed by atoms with Gasteiger partial charge in [-0.1, -0.05) is 6.42 Å². The zero-order chi connectivity index (χ0) is 10.2. The molecule has 0 saturated heterocycles. The lowest BCUT2D eigenvalue weighted by molar-refractivity contribution is -0.140. The van der Waals surface area contributed by atoms with E-state index in [0.717, 1.165) is 25.8 Å². The number of aromatic nitrogens is 2. The Morgan fingerprint density at radius 1 is 1.43 bits per heavy atom. The standard InChI is InChI=1S/C10H16N2O2/c1-14-10(13)5-3-2-4-7-12-8-6-11-9-12/h6,8-9H,2-5,7H2,1H3. The molecule has 0 unspecified atom stereocenters. The number of esters is 1. The third-order valence-electron chi connectivity index (χ3n) is 2.08. The van der Waals surface area contributed by atoms with Crippen LogP contribution in [-0.2, 0) is 16.1 Å². The van der Waals surface area contributed by atoms with Crippen molar-refractivity contribution in [3.05, 3.63) is 18.7 Å². The van der Waals surface area contributed by atoms with E-state index in [0.29, 0.717) is 6.42 Å². The average molecular weight is 196 g/mol. The number of aryl methyl sites for hydroxylation is 1. The van der Waals surface area contributed by atoms with Crippen LogP contribution in [0.1, 0.15) is 25.7 Å². The molecule has 0 fully saturated rings. The molecule has 0 amide bonds. The van der Waals surface area contributed by atoms with Gasteiger partial charge in [0.1, 0.15) is 0 Å². The van der Waals surface area contributed by atoms with E-state index in [9.17, 15) is 4.79 Å². The van der Waals surface area contributed by atoms with E-state index < -0.39 is 0 Å². The summed E-state index contributed by atoms with van der Waals surface area (Å²) in [5.74, 6) is -0.118. The number of carbonyl (C=O) groups is 1. The summed E-state index contributed by atoms with van der Waals surface area (Å²) in [6.07, 6.45) is 9.08. The molecule has 0 aromatic carbocycles. The molecule has 14 heavy (non-hydrogen) atoms. The Balaban J connectivity index is 1.97. The van der Waals surface area contributed by atoms with Crippen LogP contribution in [-0.4, -0.2) is 22.6 Å². The van der Waals surface area contributed by atoms with Crippen molar-refractivity contribution in [1.29, 1.82) is 0 Å². The Hall–Kier alpha value is -1.32. The normalized spacial score (nSPS) is 10.1. The van der Waals surface area contributed by atoms with Crippen LogP contribution >= 0.6 is 0 Å². The number of ether oxygens (including phenoxy) is 1. The molecule has 0 N–H and O–H groups in total. The number of carbonyl (C=O) groups excluding carboxylic acids is 1. The summed E-state index contributed by atoms with van der Waals surface area (Å²) in [5, 5.41) is 0. The van der Waals surface area contributed by atoms with Crippen molar-refractivity contribution in [3.8, 4) is 0 Å². The van der Waals surface area contributed by atoms with Crippen LogP contribution in [0.2, 0.25) is 0 Å². The van der Waals surface area contributed by atoms with Crippen LogP contribution in [0.4, 0.5) is 0 Å². The highest BCUT2D eigenvalue weighted by molar-refractivity contribution is 5.68. The van der Waals surface area contributed by atoms with Crippen LogP contribution in [0.5, 0.6) is 0 Å². The molecule has 4 heteroatoms. The summed E-state index contributed by atoms with van der Waals surface area (Å²) in [7, 11) is 1.42. The van der Waals surface area contributed by atoms with Crippen LogP contribution in [0.3, 0.4) is 0 Å². The van der Waals surface area contributed by atoms with Gasteiger partial charge in [0.25, 0.3) is 0 Å². The third-order valence-corrected chi connectivity index (χ3v) is 2.08. The van der Waals surface area contributed by atoms with Gasteiger partial charge in [-0.15, -0.1) is 0 Å². The van der Waals surface area contributed by atoms with E-state index in [1.54, 1.807) is 12.5 Å². The zero-order valence-electron chi connectivity index (χ0n) is 8.48. The first kappa shape index (κ1) is 10.8. The van der Waals surface area contributed by atoms with Crippen molar-refractivity contribution in [1.82, 2.24) is 9.55 Å². The van der Waals surface area contributed by atoms with Crippen molar-refractivity contribution in [3.63, 3.8) is 0 Å². The Bertz CT molecular complexity index is 257. The molecular formula is C10H16N2O2. The summed E-state index contributed by atoms with van der Waals surface area (Å²) in [6.45, 7) is 0.973. The second-order valence-electron chi connectivity index (χ2n) is 3.19. The number of hydrogen-bond acceptors (Lipinski definition) is 3. The predicted octanol–water partition coefficient (Wildman–Crippen LogP) is 1.62. The molecule has 0 radical (unpaired) electrons. The number of hydrogen-bond donors (Lipinski definition) is 0. The molecule has 0 bridgehead atoms. The number of imidazole rings is 1. The number of nitrogens with zero attached hydrogens (tertiary/aromatic N) is 2. The van der Waals surface area contributed by atoms with Crippen LogP contribution in [0, 0.1) is 0 Å². The van der Waals surface area contributed by atoms with Gasteiger partial charge in [-0.3, -0.25) is 4.79 Å². The maximum absolute atomic E-state index is 10.8. The molecule has 0 aliphatic carbocycles. The first-order valence-electron chi connectivity index (χ1n) is 4.85. The smallest absolute Gasteiger partial charge is 0.305 e. The number of methoxy groups -OCH3 is 1. The first-order chi connectivity index (χ1) is 6.83. The second-order valence-corrected chi connectivity index (χ2v) is 3.19. The van der Waals surface area contributed by atoms with Gasteiger partial charge in [-0.2, -0.15) is 0 Å². The highest BCUT2D eigenvalue weighted by atomic mass is 16.5. The highest BCUT2D eigenvalue weighted by Gasteiger charge is 1.98.